The Bertz CT molecular complexity index is 553. The molecule has 25 heavy (non-hydrogen) atoms. The summed E-state index contributed by atoms with van der Waals surface area (Å²) in [6, 6.07) is 9.35. The maximum atomic E-state index is 11.7. The second kappa shape index (κ2) is 13.3. The number of halogens is 3. The second-order valence-corrected chi connectivity index (χ2v) is 5.08. The summed E-state index contributed by atoms with van der Waals surface area (Å²) < 4.78 is 40.3. The van der Waals surface area contributed by atoms with Crippen molar-refractivity contribution < 1.29 is 28.1 Å². The summed E-state index contributed by atoms with van der Waals surface area (Å²) in [6.07, 6.45) is 0.174. The first-order chi connectivity index (χ1) is 11.8. The van der Waals surface area contributed by atoms with Crippen LogP contribution in [-0.2, 0) is 11.3 Å². The van der Waals surface area contributed by atoms with Gasteiger partial charge < -0.3 is 14.9 Å². The van der Waals surface area contributed by atoms with Crippen molar-refractivity contribution in [3.8, 4) is 24.2 Å². The van der Waals surface area contributed by atoms with Crippen molar-refractivity contribution in [1.82, 2.24) is 0 Å². The molecule has 1 aromatic carbocycles. The molecular weight excluding hydrogens is 333 g/mol. The molecule has 138 valence electrons. The van der Waals surface area contributed by atoms with Crippen LogP contribution in [0.1, 0.15) is 31.7 Å². The molecule has 2 unspecified atom stereocenters. The molecule has 0 heterocycles. The average molecular weight is 356 g/mol. The Hall–Kier alpha value is -1.99. The van der Waals surface area contributed by atoms with E-state index in [4.69, 9.17) is 21.4 Å². The van der Waals surface area contributed by atoms with E-state index in [0.717, 1.165) is 24.3 Å². The molecule has 3 nitrogen and oxygen atoms in total. The molecule has 0 saturated carbocycles. The minimum absolute atomic E-state index is 0.0515. The van der Waals surface area contributed by atoms with Gasteiger partial charge in [0.25, 0.3) is 0 Å². The Morgan fingerprint density at radius 1 is 1.12 bits per heavy atom. The van der Waals surface area contributed by atoms with Crippen LogP contribution < -0.4 is 0 Å². The van der Waals surface area contributed by atoms with E-state index in [1.807, 2.05) is 37.3 Å². The fourth-order valence-corrected chi connectivity index (χ4v) is 1.55. The normalized spacial score (nSPS) is 12.7. The van der Waals surface area contributed by atoms with E-state index in [1.165, 1.54) is 0 Å². The second-order valence-electron chi connectivity index (χ2n) is 5.08. The highest BCUT2D eigenvalue weighted by atomic mass is 19.4. The third-order valence-corrected chi connectivity index (χ3v) is 2.78. The Kier molecular flexibility index (Phi) is 12.3. The van der Waals surface area contributed by atoms with E-state index < -0.39 is 18.4 Å². The fourth-order valence-electron chi connectivity index (χ4n) is 1.55. The van der Waals surface area contributed by atoms with Crippen LogP contribution >= 0.6 is 0 Å². The van der Waals surface area contributed by atoms with Gasteiger partial charge in [-0.25, -0.2) is 0 Å². The quantitative estimate of drug-likeness (QED) is 0.582. The molecule has 0 aromatic heterocycles. The van der Waals surface area contributed by atoms with Gasteiger partial charge >= 0.3 is 6.18 Å². The predicted octanol–water partition coefficient (Wildman–Crippen LogP) is 3.30. The summed E-state index contributed by atoms with van der Waals surface area (Å²) >= 11 is 0. The highest BCUT2D eigenvalue weighted by Gasteiger charge is 2.23. The minimum Gasteiger partial charge on any atom is -0.380 e. The lowest BCUT2D eigenvalue weighted by Gasteiger charge is -2.05. The van der Waals surface area contributed by atoms with Crippen LogP contribution in [0, 0.1) is 24.2 Å². The number of hydrogen-bond acceptors (Lipinski definition) is 3. The molecule has 0 amide bonds. The number of benzene rings is 1. The summed E-state index contributed by atoms with van der Waals surface area (Å²) in [7, 11) is 0. The Morgan fingerprint density at radius 3 is 2.24 bits per heavy atom. The third-order valence-electron chi connectivity index (χ3n) is 2.78. The van der Waals surface area contributed by atoms with Gasteiger partial charge in [0.2, 0.25) is 0 Å². The first kappa shape index (κ1) is 23.0. The highest BCUT2D eigenvalue weighted by Crippen LogP contribution is 2.12. The third kappa shape index (κ3) is 15.3. The van der Waals surface area contributed by atoms with Gasteiger partial charge in [-0.05, 0) is 12.0 Å². The van der Waals surface area contributed by atoms with Crippen molar-refractivity contribution in [2.75, 3.05) is 6.61 Å². The van der Waals surface area contributed by atoms with Gasteiger partial charge in [-0.2, -0.15) is 13.2 Å². The average Bonchev–Trinajstić information content (AvgIpc) is 2.58. The number of hydrogen-bond donors (Lipinski definition) is 2. The Labute approximate surface area is 146 Å². The van der Waals surface area contributed by atoms with Crippen molar-refractivity contribution in [2.24, 2.45) is 0 Å². The molecule has 1 aromatic rings. The van der Waals surface area contributed by atoms with E-state index >= 15 is 0 Å². The van der Waals surface area contributed by atoms with Crippen LogP contribution in [-0.4, -0.2) is 35.2 Å². The molecule has 6 heteroatoms. The lowest BCUT2D eigenvalue weighted by atomic mass is 10.2. The zero-order valence-electron chi connectivity index (χ0n) is 14.1. The van der Waals surface area contributed by atoms with Crippen molar-refractivity contribution in [1.29, 1.82) is 0 Å². The van der Waals surface area contributed by atoms with E-state index in [0.29, 0.717) is 6.61 Å². The first-order valence-corrected chi connectivity index (χ1v) is 7.81. The summed E-state index contributed by atoms with van der Waals surface area (Å²) in [5.41, 5.74) is 0.966. The van der Waals surface area contributed by atoms with Gasteiger partial charge in [-0.1, -0.05) is 55.5 Å². The molecule has 0 aliphatic heterocycles. The molecule has 0 saturated heterocycles. The van der Waals surface area contributed by atoms with Crippen LogP contribution in [0.5, 0.6) is 0 Å². The lowest BCUT2D eigenvalue weighted by Crippen LogP contribution is -2.10. The molecule has 0 bridgehead atoms. The van der Waals surface area contributed by atoms with Crippen LogP contribution in [0.2, 0.25) is 0 Å². The van der Waals surface area contributed by atoms with Gasteiger partial charge in [0.1, 0.15) is 12.2 Å². The van der Waals surface area contributed by atoms with Gasteiger partial charge in [-0.3, -0.25) is 0 Å². The van der Waals surface area contributed by atoms with Crippen LogP contribution in [0.15, 0.2) is 30.3 Å². The van der Waals surface area contributed by atoms with E-state index in [9.17, 15) is 13.2 Å². The maximum Gasteiger partial charge on any atom is 0.457 e. The van der Waals surface area contributed by atoms with Crippen LogP contribution in [0.25, 0.3) is 0 Å². The summed E-state index contributed by atoms with van der Waals surface area (Å²) in [5, 5.41) is 17.8. The zero-order valence-corrected chi connectivity index (χ0v) is 14.1. The van der Waals surface area contributed by atoms with Gasteiger partial charge in [0.15, 0.2) is 0 Å². The molecule has 0 aliphatic carbocycles. The fraction of sp³-hybridized carbons (Fsp3) is 0.474. The number of aliphatic hydroxyl groups is 2. The van der Waals surface area contributed by atoms with Crippen molar-refractivity contribution in [3.63, 3.8) is 0 Å². The smallest absolute Gasteiger partial charge is 0.380 e. The van der Waals surface area contributed by atoms with Gasteiger partial charge in [0, 0.05) is 12.3 Å². The zero-order chi connectivity index (χ0) is 19.1. The molecule has 1 rings (SSSR count). The lowest BCUT2D eigenvalue weighted by molar-refractivity contribution is -0.0700. The molecular formula is C19H23F3O3. The van der Waals surface area contributed by atoms with Crippen LogP contribution in [0.3, 0.4) is 0 Å². The van der Waals surface area contributed by atoms with Crippen molar-refractivity contribution in [3.05, 3.63) is 35.9 Å². The standard InChI is InChI=1S/C13H13F3O2.C6H10O/c14-13(15,16)8-6-12(17)7-9-18-10-11-4-2-1-3-5-11;1-3-5-6(7)4-2/h1-5,12,17H,7,9-10H2;2,6-7H,3,5H2,1H3. The SMILES string of the molecule is C#CC(O)CCC.OC(C#CC(F)(F)F)CCOCc1ccccc1. The molecule has 0 aliphatic rings. The summed E-state index contributed by atoms with van der Waals surface area (Å²) in [4.78, 5) is 0. The summed E-state index contributed by atoms with van der Waals surface area (Å²) in [6.45, 7) is 2.50. The van der Waals surface area contributed by atoms with E-state index in [-0.39, 0.29) is 13.0 Å². The highest BCUT2D eigenvalue weighted by molar-refractivity contribution is 5.13. The first-order valence-electron chi connectivity index (χ1n) is 7.81. The number of aliphatic hydroxyl groups excluding tert-OH is 2. The van der Waals surface area contributed by atoms with Crippen LogP contribution in [0.4, 0.5) is 13.2 Å². The molecule has 2 N–H and O–H groups in total. The van der Waals surface area contributed by atoms with Gasteiger partial charge in [-0.15, -0.1) is 6.42 Å². The largest absolute Gasteiger partial charge is 0.457 e. The van der Waals surface area contributed by atoms with Gasteiger partial charge in [0.05, 0.1) is 13.2 Å². The summed E-state index contributed by atoms with van der Waals surface area (Å²) in [5.74, 6) is 4.97. The van der Waals surface area contributed by atoms with E-state index in [2.05, 4.69) is 5.92 Å². The molecule has 0 radical (unpaired) electrons. The number of alkyl halides is 3. The number of terminal acetylenes is 1. The molecule has 0 fully saturated rings. The van der Waals surface area contributed by atoms with Crippen molar-refractivity contribution >= 4 is 0 Å². The minimum atomic E-state index is -4.56. The maximum absolute atomic E-state index is 11.7. The van der Waals surface area contributed by atoms with E-state index in [1.54, 1.807) is 5.92 Å². The Balaban J connectivity index is 0.000000697. The molecule has 2 atom stereocenters. The Morgan fingerprint density at radius 2 is 1.76 bits per heavy atom. The van der Waals surface area contributed by atoms with Crippen molar-refractivity contribution in [2.45, 2.75) is 51.2 Å². The topological polar surface area (TPSA) is 49.7 Å². The number of rotatable bonds is 7. The predicted molar refractivity (Wildman–Crippen MR) is 90.3 cm³/mol. The monoisotopic (exact) mass is 356 g/mol. The molecule has 0 spiro atoms. The number of ether oxygens (including phenoxy) is 1.